The van der Waals surface area contributed by atoms with Crippen molar-refractivity contribution in [3.63, 3.8) is 0 Å². The molecule has 0 radical (unpaired) electrons. The number of aromatic nitrogens is 2. The fourth-order valence-electron chi connectivity index (χ4n) is 1.23. The van der Waals surface area contributed by atoms with Gasteiger partial charge in [0.15, 0.2) is 4.34 Å². The highest BCUT2D eigenvalue weighted by Gasteiger charge is 2.16. The molecule has 1 unspecified atom stereocenters. The average Bonchev–Trinajstić information content (AvgIpc) is 2.85. The van der Waals surface area contributed by atoms with Gasteiger partial charge >= 0.3 is 0 Å². The molecule has 1 amide bonds. The monoisotopic (exact) mass is 280 g/mol. The van der Waals surface area contributed by atoms with Gasteiger partial charge < -0.3 is 11.1 Å². The zero-order valence-electron chi connectivity index (χ0n) is 9.66. The third-order valence-corrected chi connectivity index (χ3v) is 4.08. The number of benzene rings is 1. The Balaban J connectivity index is 1.93. The van der Waals surface area contributed by atoms with E-state index in [0.29, 0.717) is 5.69 Å². The van der Waals surface area contributed by atoms with Gasteiger partial charge in [-0.1, -0.05) is 23.1 Å². The summed E-state index contributed by atoms with van der Waals surface area (Å²) in [7, 11) is 0. The lowest BCUT2D eigenvalue weighted by atomic mass is 10.3. The van der Waals surface area contributed by atoms with Crippen molar-refractivity contribution in [3.05, 3.63) is 29.8 Å². The normalized spacial score (nSPS) is 12.1. The predicted octanol–water partition coefficient (Wildman–Crippen LogP) is 2.24. The molecule has 5 nitrogen and oxygen atoms in total. The molecule has 1 aromatic carbocycles. The smallest absolute Gasteiger partial charge is 0.237 e. The summed E-state index contributed by atoms with van der Waals surface area (Å²) in [6.07, 6.45) is 0. The quantitative estimate of drug-likeness (QED) is 0.663. The van der Waals surface area contributed by atoms with Crippen molar-refractivity contribution in [2.24, 2.45) is 0 Å². The van der Waals surface area contributed by atoms with Gasteiger partial charge in [0.2, 0.25) is 5.91 Å². The molecule has 0 saturated heterocycles. The zero-order valence-corrected chi connectivity index (χ0v) is 11.3. The van der Waals surface area contributed by atoms with Gasteiger partial charge in [0.25, 0.3) is 0 Å². The number of nitrogen functional groups attached to an aromatic ring is 1. The van der Waals surface area contributed by atoms with Crippen molar-refractivity contribution < 1.29 is 4.79 Å². The maximum Gasteiger partial charge on any atom is 0.237 e. The second-order valence-electron chi connectivity index (χ2n) is 3.58. The lowest BCUT2D eigenvalue weighted by Gasteiger charge is -2.10. The Kier molecular flexibility index (Phi) is 4.16. The lowest BCUT2D eigenvalue weighted by molar-refractivity contribution is -0.115. The highest BCUT2D eigenvalue weighted by molar-refractivity contribution is 8.02. The van der Waals surface area contributed by atoms with Gasteiger partial charge in [-0.05, 0) is 31.2 Å². The van der Waals surface area contributed by atoms with Crippen LogP contribution in [0.1, 0.15) is 6.92 Å². The third-order valence-electron chi connectivity index (χ3n) is 2.17. The molecule has 0 bridgehead atoms. The molecule has 0 aliphatic carbocycles. The Labute approximate surface area is 113 Å². The number of hydrogen-bond donors (Lipinski definition) is 2. The Morgan fingerprint density at radius 2 is 2.17 bits per heavy atom. The third kappa shape index (κ3) is 3.44. The van der Waals surface area contributed by atoms with Crippen LogP contribution in [-0.2, 0) is 4.79 Å². The predicted molar refractivity (Wildman–Crippen MR) is 74.7 cm³/mol. The molecule has 0 saturated carbocycles. The number of rotatable bonds is 4. The van der Waals surface area contributed by atoms with E-state index in [4.69, 9.17) is 5.73 Å². The van der Waals surface area contributed by atoms with Gasteiger partial charge in [0.1, 0.15) is 5.51 Å². The van der Waals surface area contributed by atoms with Crippen molar-refractivity contribution in [2.75, 3.05) is 11.1 Å². The number of nitrogens with zero attached hydrogens (tertiary/aromatic N) is 2. The topological polar surface area (TPSA) is 80.9 Å². The number of anilines is 2. The van der Waals surface area contributed by atoms with Crippen LogP contribution in [0.3, 0.4) is 0 Å². The van der Waals surface area contributed by atoms with Crippen LogP contribution in [0.5, 0.6) is 0 Å². The summed E-state index contributed by atoms with van der Waals surface area (Å²) in [6.45, 7) is 1.83. The zero-order chi connectivity index (χ0) is 13.0. The van der Waals surface area contributed by atoms with E-state index in [9.17, 15) is 4.79 Å². The first-order valence-corrected chi connectivity index (χ1v) is 7.00. The summed E-state index contributed by atoms with van der Waals surface area (Å²) >= 11 is 2.81. The number of thioether (sulfide) groups is 1. The first-order valence-electron chi connectivity index (χ1n) is 5.24. The molecule has 1 atom stereocenters. The minimum absolute atomic E-state index is 0.0695. The highest BCUT2D eigenvalue weighted by Crippen LogP contribution is 2.25. The van der Waals surface area contributed by atoms with Gasteiger partial charge in [0.05, 0.1) is 5.25 Å². The molecular formula is C11H12N4OS2. The molecule has 2 rings (SSSR count). The van der Waals surface area contributed by atoms with E-state index in [1.165, 1.54) is 23.1 Å². The van der Waals surface area contributed by atoms with Crippen LogP contribution in [0.15, 0.2) is 34.1 Å². The maximum atomic E-state index is 11.9. The number of hydrogen-bond acceptors (Lipinski definition) is 6. The number of nitrogens with one attached hydrogen (secondary N) is 1. The second kappa shape index (κ2) is 5.83. The van der Waals surface area contributed by atoms with Crippen LogP contribution in [0, 0.1) is 0 Å². The van der Waals surface area contributed by atoms with Crippen molar-refractivity contribution in [1.29, 1.82) is 0 Å². The molecule has 94 valence electrons. The number of nitrogens with two attached hydrogens (primary N) is 1. The van der Waals surface area contributed by atoms with Crippen molar-refractivity contribution in [3.8, 4) is 0 Å². The molecule has 2 aromatic rings. The van der Waals surface area contributed by atoms with Crippen LogP contribution >= 0.6 is 23.1 Å². The number of carbonyl (C=O) groups excluding carboxylic acids is 1. The van der Waals surface area contributed by atoms with E-state index >= 15 is 0 Å². The fraction of sp³-hybridized carbons (Fsp3) is 0.182. The minimum Gasteiger partial charge on any atom is -0.399 e. The molecule has 1 heterocycles. The van der Waals surface area contributed by atoms with Crippen LogP contribution in [-0.4, -0.2) is 21.4 Å². The Morgan fingerprint density at radius 1 is 1.44 bits per heavy atom. The van der Waals surface area contributed by atoms with E-state index in [1.54, 1.807) is 29.8 Å². The van der Waals surface area contributed by atoms with Gasteiger partial charge in [-0.2, -0.15) is 0 Å². The summed E-state index contributed by atoms with van der Waals surface area (Å²) in [6, 6.07) is 7.04. The van der Waals surface area contributed by atoms with E-state index in [-0.39, 0.29) is 11.2 Å². The summed E-state index contributed by atoms with van der Waals surface area (Å²) in [5.74, 6) is -0.0695. The molecule has 3 N–H and O–H groups in total. The van der Waals surface area contributed by atoms with Crippen molar-refractivity contribution in [2.45, 2.75) is 16.5 Å². The minimum atomic E-state index is -0.226. The number of amides is 1. The summed E-state index contributed by atoms with van der Waals surface area (Å²) < 4.78 is 0.787. The van der Waals surface area contributed by atoms with Crippen LogP contribution in [0.4, 0.5) is 11.4 Å². The van der Waals surface area contributed by atoms with Crippen molar-refractivity contribution in [1.82, 2.24) is 10.2 Å². The first-order chi connectivity index (χ1) is 8.65. The molecule has 0 fully saturated rings. The second-order valence-corrected chi connectivity index (χ2v) is 6.00. The van der Waals surface area contributed by atoms with E-state index in [2.05, 4.69) is 15.5 Å². The molecule has 0 aliphatic rings. The van der Waals surface area contributed by atoms with Crippen LogP contribution in [0.2, 0.25) is 0 Å². The van der Waals surface area contributed by atoms with E-state index in [1.807, 2.05) is 6.92 Å². The summed E-state index contributed by atoms with van der Waals surface area (Å²) in [5, 5.41) is 10.2. The largest absolute Gasteiger partial charge is 0.399 e. The molecule has 0 aliphatic heterocycles. The molecule has 7 heteroatoms. The van der Waals surface area contributed by atoms with Gasteiger partial charge in [-0.3, -0.25) is 4.79 Å². The summed E-state index contributed by atoms with van der Waals surface area (Å²) in [4.78, 5) is 11.9. The SMILES string of the molecule is CC(Sc1nncs1)C(=O)Nc1ccc(N)cc1. The van der Waals surface area contributed by atoms with Crippen LogP contribution < -0.4 is 11.1 Å². The molecular weight excluding hydrogens is 268 g/mol. The average molecular weight is 280 g/mol. The first kappa shape index (κ1) is 12.8. The molecule has 0 spiro atoms. The van der Waals surface area contributed by atoms with Gasteiger partial charge in [-0.15, -0.1) is 10.2 Å². The molecule has 1 aromatic heterocycles. The van der Waals surface area contributed by atoms with E-state index < -0.39 is 0 Å². The Bertz CT molecular complexity index is 512. The maximum absolute atomic E-state index is 11.9. The van der Waals surface area contributed by atoms with Crippen LogP contribution in [0.25, 0.3) is 0 Å². The summed E-state index contributed by atoms with van der Waals surface area (Å²) in [5.41, 5.74) is 8.63. The van der Waals surface area contributed by atoms with E-state index in [0.717, 1.165) is 10.0 Å². The number of carbonyl (C=O) groups is 1. The van der Waals surface area contributed by atoms with Gasteiger partial charge in [-0.25, -0.2) is 0 Å². The molecule has 18 heavy (non-hydrogen) atoms. The van der Waals surface area contributed by atoms with Crippen molar-refractivity contribution >= 4 is 40.4 Å². The lowest BCUT2D eigenvalue weighted by Crippen LogP contribution is -2.22. The van der Waals surface area contributed by atoms with Gasteiger partial charge in [0, 0.05) is 11.4 Å². The standard InChI is InChI=1S/C11H12N4OS2/c1-7(18-11-15-13-6-17-11)10(16)14-9-4-2-8(12)3-5-9/h2-7H,12H2,1H3,(H,14,16). The Morgan fingerprint density at radius 3 is 2.78 bits per heavy atom. The highest BCUT2D eigenvalue weighted by atomic mass is 32.2. The fourth-order valence-corrected chi connectivity index (χ4v) is 2.86. The Hall–Kier alpha value is -1.60.